The number of halogens is 3. The van der Waals surface area contributed by atoms with E-state index in [1.807, 2.05) is 13.0 Å². The summed E-state index contributed by atoms with van der Waals surface area (Å²) >= 11 is 11.5. The second-order valence-corrected chi connectivity index (χ2v) is 7.83. The first-order chi connectivity index (χ1) is 11.1. The van der Waals surface area contributed by atoms with Gasteiger partial charge in [0.15, 0.2) is 0 Å². The van der Waals surface area contributed by atoms with Crippen LogP contribution in [0, 0.1) is 6.92 Å². The monoisotopic (exact) mass is 502 g/mol. The molecule has 0 spiro atoms. The van der Waals surface area contributed by atoms with E-state index in [4.69, 9.17) is 27.9 Å². The van der Waals surface area contributed by atoms with Gasteiger partial charge in [-0.3, -0.25) is 4.48 Å². The largest absolute Gasteiger partial charge is 1.00 e. The van der Waals surface area contributed by atoms with Crippen LogP contribution >= 0.6 is 23.2 Å². The molecule has 0 unspecified atom stereocenters. The quantitative estimate of drug-likeness (QED) is 0.322. The lowest BCUT2D eigenvalue weighted by atomic mass is 9.98. The van der Waals surface area contributed by atoms with Crippen LogP contribution in [0.2, 0.25) is 0 Å². The SMILES string of the molecule is Cc1cc(OC(=O)N(CCCl)CCCl)c(C(C)C)cc1[N+](C)(C)C.[I-]. The van der Waals surface area contributed by atoms with Gasteiger partial charge in [-0.1, -0.05) is 13.8 Å². The number of benzene rings is 1. The number of carbonyl (C=O) groups excluding carboxylic acids is 1. The number of hydrogen-bond acceptors (Lipinski definition) is 2. The van der Waals surface area contributed by atoms with E-state index in [2.05, 4.69) is 41.1 Å². The van der Waals surface area contributed by atoms with Crippen LogP contribution in [-0.2, 0) is 0 Å². The minimum Gasteiger partial charge on any atom is -1.00 e. The number of aryl methyl sites for hydroxylation is 1. The molecule has 0 N–H and O–H groups in total. The van der Waals surface area contributed by atoms with Gasteiger partial charge < -0.3 is 33.6 Å². The summed E-state index contributed by atoms with van der Waals surface area (Å²) in [5.41, 5.74) is 3.32. The Morgan fingerprint density at radius 2 is 1.68 bits per heavy atom. The van der Waals surface area contributed by atoms with E-state index in [1.165, 1.54) is 10.6 Å². The molecule has 1 aromatic rings. The van der Waals surface area contributed by atoms with Crippen molar-refractivity contribution in [2.24, 2.45) is 0 Å². The maximum Gasteiger partial charge on any atom is 0.415 e. The van der Waals surface area contributed by atoms with Crippen LogP contribution in [0.5, 0.6) is 5.75 Å². The molecule has 144 valence electrons. The average molecular weight is 503 g/mol. The van der Waals surface area contributed by atoms with E-state index in [0.717, 1.165) is 11.1 Å². The van der Waals surface area contributed by atoms with Gasteiger partial charge in [0.2, 0.25) is 0 Å². The van der Waals surface area contributed by atoms with Gasteiger partial charge in [0, 0.05) is 42.0 Å². The number of nitrogens with zero attached hydrogens (tertiary/aromatic N) is 2. The molecule has 7 heteroatoms. The van der Waals surface area contributed by atoms with Crippen LogP contribution in [0.25, 0.3) is 0 Å². The van der Waals surface area contributed by atoms with Crippen molar-refractivity contribution < 1.29 is 33.5 Å². The molecule has 0 aliphatic carbocycles. The Balaban J connectivity index is 0.00000576. The third kappa shape index (κ3) is 7.12. The Morgan fingerprint density at radius 1 is 1.16 bits per heavy atom. The summed E-state index contributed by atoms with van der Waals surface area (Å²) in [5.74, 6) is 1.55. The van der Waals surface area contributed by atoms with E-state index in [-0.39, 0.29) is 29.9 Å². The molecule has 0 heterocycles. The number of carbonyl (C=O) groups is 1. The van der Waals surface area contributed by atoms with Gasteiger partial charge in [-0.25, -0.2) is 4.79 Å². The summed E-state index contributed by atoms with van der Waals surface area (Å²) in [6.45, 7) is 7.06. The van der Waals surface area contributed by atoms with E-state index in [9.17, 15) is 4.79 Å². The Hall–Kier alpha value is -0.240. The van der Waals surface area contributed by atoms with Crippen molar-refractivity contribution in [3.05, 3.63) is 23.3 Å². The highest BCUT2D eigenvalue weighted by Crippen LogP contribution is 2.35. The van der Waals surface area contributed by atoms with Crippen molar-refractivity contribution in [1.29, 1.82) is 0 Å². The van der Waals surface area contributed by atoms with Crippen molar-refractivity contribution in [3.8, 4) is 5.75 Å². The van der Waals surface area contributed by atoms with Crippen molar-refractivity contribution in [2.45, 2.75) is 26.7 Å². The maximum absolute atomic E-state index is 12.4. The summed E-state index contributed by atoms with van der Waals surface area (Å²) in [6, 6.07) is 4.09. The third-order valence-corrected chi connectivity index (χ3v) is 4.18. The molecule has 0 radical (unpaired) electrons. The van der Waals surface area contributed by atoms with Crippen molar-refractivity contribution in [2.75, 3.05) is 46.0 Å². The first-order valence-corrected chi connectivity index (χ1v) is 9.24. The first-order valence-electron chi connectivity index (χ1n) is 8.17. The van der Waals surface area contributed by atoms with Crippen LogP contribution in [0.3, 0.4) is 0 Å². The maximum atomic E-state index is 12.4. The number of rotatable bonds is 7. The topological polar surface area (TPSA) is 29.5 Å². The predicted octanol–water partition coefficient (Wildman–Crippen LogP) is 1.60. The zero-order valence-corrected chi connectivity index (χ0v) is 19.6. The van der Waals surface area contributed by atoms with Gasteiger partial charge in [0.1, 0.15) is 11.4 Å². The average Bonchev–Trinajstić information content (AvgIpc) is 2.45. The molecule has 25 heavy (non-hydrogen) atoms. The van der Waals surface area contributed by atoms with E-state index < -0.39 is 6.09 Å². The molecule has 0 saturated carbocycles. The lowest BCUT2D eigenvalue weighted by Crippen LogP contribution is -3.00. The highest BCUT2D eigenvalue weighted by Gasteiger charge is 2.23. The van der Waals surface area contributed by atoms with E-state index in [0.29, 0.717) is 35.1 Å². The second-order valence-electron chi connectivity index (χ2n) is 7.08. The molecule has 0 aromatic heterocycles. The van der Waals surface area contributed by atoms with Gasteiger partial charge in [0.05, 0.1) is 21.1 Å². The molecule has 0 aliphatic heterocycles. The molecule has 1 rings (SSSR count). The molecule has 1 aromatic carbocycles. The molecule has 0 fully saturated rings. The minimum atomic E-state index is -0.407. The zero-order valence-electron chi connectivity index (χ0n) is 15.9. The smallest absolute Gasteiger partial charge is 0.415 e. The minimum absolute atomic E-state index is 0. The fraction of sp³-hybridized carbons (Fsp3) is 0.611. The van der Waals surface area contributed by atoms with Gasteiger partial charge >= 0.3 is 6.09 Å². The fourth-order valence-corrected chi connectivity index (χ4v) is 3.01. The standard InChI is InChI=1S/C18H29Cl2N2O2.HI/c1-13(2)15-12-16(22(4,5)6)14(3)11-17(15)24-18(23)21(9-7-19)10-8-20;/h11-13H,7-10H2,1-6H3;1H/q+1;/p-1. The third-order valence-electron chi connectivity index (χ3n) is 3.84. The van der Waals surface area contributed by atoms with Crippen molar-refractivity contribution in [1.82, 2.24) is 9.38 Å². The molecule has 0 saturated heterocycles. The van der Waals surface area contributed by atoms with E-state index in [1.54, 1.807) is 0 Å². The van der Waals surface area contributed by atoms with Gasteiger partial charge in [-0.15, -0.1) is 23.2 Å². The molecule has 1 amide bonds. The summed E-state index contributed by atoms with van der Waals surface area (Å²) in [5, 5.41) is 0. The molecular weight excluding hydrogens is 474 g/mol. The summed E-state index contributed by atoms with van der Waals surface area (Å²) in [6.07, 6.45) is -0.407. The van der Waals surface area contributed by atoms with Crippen LogP contribution in [0.4, 0.5) is 10.5 Å². The zero-order chi connectivity index (χ0) is 18.5. The highest BCUT2D eigenvalue weighted by molar-refractivity contribution is 6.18. The van der Waals surface area contributed by atoms with Crippen LogP contribution < -0.4 is 33.2 Å². The van der Waals surface area contributed by atoms with Crippen LogP contribution in [0.15, 0.2) is 12.1 Å². The predicted molar refractivity (Wildman–Crippen MR) is 104 cm³/mol. The molecule has 0 aliphatic rings. The van der Waals surface area contributed by atoms with Crippen molar-refractivity contribution >= 4 is 35.0 Å². The molecular formula is C18H29Cl2IN2O2. The number of hydrogen-bond donors (Lipinski definition) is 0. The lowest BCUT2D eigenvalue weighted by molar-refractivity contribution is -0.0000111. The normalized spacial score (nSPS) is 11.2. The van der Waals surface area contributed by atoms with Gasteiger partial charge in [-0.2, -0.15) is 0 Å². The summed E-state index contributed by atoms with van der Waals surface area (Å²) < 4.78 is 6.40. The van der Waals surface area contributed by atoms with Crippen LogP contribution in [-0.4, -0.2) is 57.0 Å². The number of quaternary nitrogens is 1. The summed E-state index contributed by atoms with van der Waals surface area (Å²) in [7, 11) is 6.38. The highest BCUT2D eigenvalue weighted by atomic mass is 127. The number of alkyl halides is 2. The fourth-order valence-electron chi connectivity index (χ4n) is 2.61. The Labute approximate surface area is 179 Å². The van der Waals surface area contributed by atoms with Gasteiger partial charge in [0.25, 0.3) is 0 Å². The molecule has 4 nitrogen and oxygen atoms in total. The Kier molecular flexibility index (Phi) is 10.7. The number of amides is 1. The second kappa shape index (κ2) is 10.8. The first kappa shape index (κ1) is 24.8. The van der Waals surface area contributed by atoms with E-state index >= 15 is 0 Å². The van der Waals surface area contributed by atoms with Crippen LogP contribution in [0.1, 0.15) is 30.9 Å². The Bertz CT molecular complexity index is 569. The van der Waals surface area contributed by atoms with Gasteiger partial charge in [-0.05, 0) is 18.9 Å². The summed E-state index contributed by atoms with van der Waals surface area (Å²) in [4.78, 5) is 14.0. The lowest BCUT2D eigenvalue weighted by Gasteiger charge is -2.28. The molecule has 0 atom stereocenters. The Morgan fingerprint density at radius 3 is 2.08 bits per heavy atom. The van der Waals surface area contributed by atoms with Crippen molar-refractivity contribution in [3.63, 3.8) is 0 Å². The molecule has 0 bridgehead atoms. The number of ether oxygens (including phenoxy) is 1.